The average Bonchev–Trinajstić information content (AvgIpc) is 2.65. The van der Waals surface area contributed by atoms with E-state index in [2.05, 4.69) is 0 Å². The predicted molar refractivity (Wildman–Crippen MR) is 70.5 cm³/mol. The van der Waals surface area contributed by atoms with Crippen LogP contribution in [0.5, 0.6) is 11.5 Å². The number of amides is 2. The molecule has 0 aromatic heterocycles. The number of hydrogen-bond acceptors (Lipinski definition) is 5. The highest BCUT2D eigenvalue weighted by Gasteiger charge is 2.38. The van der Waals surface area contributed by atoms with Crippen LogP contribution < -0.4 is 0 Å². The molecule has 7 nitrogen and oxygen atoms in total. The van der Waals surface area contributed by atoms with Gasteiger partial charge >= 0.3 is 5.97 Å². The predicted octanol–water partition coefficient (Wildman–Crippen LogP) is 0.409. The first-order chi connectivity index (χ1) is 9.81. The van der Waals surface area contributed by atoms with Crippen LogP contribution in [0.1, 0.15) is 12.5 Å². The van der Waals surface area contributed by atoms with Crippen molar-refractivity contribution >= 4 is 17.8 Å². The van der Waals surface area contributed by atoms with Gasteiger partial charge in [-0.1, -0.05) is 6.07 Å². The SMILES string of the molecule is CC1=CC(=O)N(C(Cc2ccc(O)c(O)c2)C(=O)O)C1=O. The summed E-state index contributed by atoms with van der Waals surface area (Å²) in [4.78, 5) is 35.6. The van der Waals surface area contributed by atoms with Crippen LogP contribution in [0.4, 0.5) is 0 Å². The molecule has 1 heterocycles. The lowest BCUT2D eigenvalue weighted by Crippen LogP contribution is -2.46. The van der Waals surface area contributed by atoms with Gasteiger partial charge in [-0.25, -0.2) is 4.79 Å². The van der Waals surface area contributed by atoms with E-state index in [4.69, 9.17) is 0 Å². The van der Waals surface area contributed by atoms with Crippen molar-refractivity contribution in [2.75, 3.05) is 0 Å². The molecule has 21 heavy (non-hydrogen) atoms. The van der Waals surface area contributed by atoms with Crippen LogP contribution in [0.2, 0.25) is 0 Å². The fourth-order valence-corrected chi connectivity index (χ4v) is 2.11. The van der Waals surface area contributed by atoms with E-state index in [0.29, 0.717) is 10.5 Å². The van der Waals surface area contributed by atoms with Crippen LogP contribution in [0, 0.1) is 0 Å². The van der Waals surface area contributed by atoms with E-state index in [0.717, 1.165) is 6.08 Å². The van der Waals surface area contributed by atoms with Crippen molar-refractivity contribution in [3.05, 3.63) is 35.4 Å². The van der Waals surface area contributed by atoms with E-state index in [9.17, 15) is 29.7 Å². The molecule has 1 unspecified atom stereocenters. The van der Waals surface area contributed by atoms with Crippen molar-refractivity contribution in [2.24, 2.45) is 0 Å². The Morgan fingerprint density at radius 1 is 1.24 bits per heavy atom. The van der Waals surface area contributed by atoms with Crippen LogP contribution >= 0.6 is 0 Å². The summed E-state index contributed by atoms with van der Waals surface area (Å²) in [6.07, 6.45) is 0.925. The smallest absolute Gasteiger partial charge is 0.327 e. The molecule has 0 saturated carbocycles. The Morgan fingerprint density at radius 2 is 1.90 bits per heavy atom. The van der Waals surface area contributed by atoms with Gasteiger partial charge in [-0.15, -0.1) is 0 Å². The number of benzene rings is 1. The molecule has 1 aliphatic rings. The summed E-state index contributed by atoms with van der Waals surface area (Å²) < 4.78 is 0. The normalized spacial score (nSPS) is 16.0. The lowest BCUT2D eigenvalue weighted by molar-refractivity contribution is -0.153. The standard InChI is InChI=1S/C14H13NO6/c1-7-4-12(18)15(13(7)19)9(14(20)21)5-8-2-3-10(16)11(17)6-8/h2-4,6,9,16-17H,5H2,1H3,(H,20,21). The van der Waals surface area contributed by atoms with Crippen molar-refractivity contribution in [1.29, 1.82) is 0 Å². The second-order valence-electron chi connectivity index (χ2n) is 4.72. The Kier molecular flexibility index (Phi) is 3.66. The van der Waals surface area contributed by atoms with Crippen LogP contribution in [0.3, 0.4) is 0 Å². The number of aromatic hydroxyl groups is 2. The minimum Gasteiger partial charge on any atom is -0.504 e. The van der Waals surface area contributed by atoms with Gasteiger partial charge in [0.05, 0.1) is 0 Å². The highest BCUT2D eigenvalue weighted by Crippen LogP contribution is 2.26. The van der Waals surface area contributed by atoms with Crippen LogP contribution in [0.15, 0.2) is 29.8 Å². The van der Waals surface area contributed by atoms with Crippen LogP contribution in [-0.4, -0.2) is 44.0 Å². The Bertz CT molecular complexity index is 663. The number of carboxylic acids is 1. The van der Waals surface area contributed by atoms with E-state index in [1.165, 1.54) is 25.1 Å². The molecule has 0 saturated heterocycles. The molecule has 0 spiro atoms. The number of carbonyl (C=O) groups is 3. The number of carbonyl (C=O) groups excluding carboxylic acids is 2. The number of imide groups is 1. The molecular formula is C14H13NO6. The Hall–Kier alpha value is -2.83. The molecule has 3 N–H and O–H groups in total. The topological polar surface area (TPSA) is 115 Å². The summed E-state index contributed by atoms with van der Waals surface area (Å²) >= 11 is 0. The molecule has 0 fully saturated rings. The summed E-state index contributed by atoms with van der Waals surface area (Å²) in [5.74, 6) is -3.38. The Morgan fingerprint density at radius 3 is 2.38 bits per heavy atom. The number of nitrogens with zero attached hydrogens (tertiary/aromatic N) is 1. The molecule has 0 aliphatic carbocycles. The van der Waals surface area contributed by atoms with Gasteiger partial charge in [-0.05, 0) is 24.6 Å². The van der Waals surface area contributed by atoms with Crippen molar-refractivity contribution < 1.29 is 29.7 Å². The van der Waals surface area contributed by atoms with Gasteiger partial charge in [0.15, 0.2) is 11.5 Å². The largest absolute Gasteiger partial charge is 0.504 e. The maximum atomic E-state index is 11.9. The Labute approximate surface area is 119 Å². The molecule has 110 valence electrons. The molecule has 2 amide bonds. The maximum absolute atomic E-state index is 11.9. The van der Waals surface area contributed by atoms with Crippen molar-refractivity contribution in [1.82, 2.24) is 4.90 Å². The molecule has 1 aliphatic heterocycles. The highest BCUT2D eigenvalue weighted by molar-refractivity contribution is 6.17. The van der Waals surface area contributed by atoms with E-state index < -0.39 is 29.6 Å². The zero-order chi connectivity index (χ0) is 15.7. The van der Waals surface area contributed by atoms with Crippen molar-refractivity contribution in [2.45, 2.75) is 19.4 Å². The fraction of sp³-hybridized carbons (Fsp3) is 0.214. The summed E-state index contributed by atoms with van der Waals surface area (Å²) in [6, 6.07) is 2.44. The maximum Gasteiger partial charge on any atom is 0.327 e. The van der Waals surface area contributed by atoms with Crippen molar-refractivity contribution in [3.63, 3.8) is 0 Å². The average molecular weight is 291 g/mol. The van der Waals surface area contributed by atoms with E-state index in [1.54, 1.807) is 0 Å². The molecule has 7 heteroatoms. The lowest BCUT2D eigenvalue weighted by atomic mass is 10.0. The van der Waals surface area contributed by atoms with Gasteiger partial charge in [-0.2, -0.15) is 0 Å². The summed E-state index contributed by atoms with van der Waals surface area (Å²) in [7, 11) is 0. The van der Waals surface area contributed by atoms with Gasteiger partial charge < -0.3 is 15.3 Å². The van der Waals surface area contributed by atoms with Gasteiger partial charge in [0.25, 0.3) is 11.8 Å². The number of phenolic OH excluding ortho intramolecular Hbond substituents is 2. The molecule has 0 radical (unpaired) electrons. The fourth-order valence-electron chi connectivity index (χ4n) is 2.11. The lowest BCUT2D eigenvalue weighted by Gasteiger charge is -2.23. The summed E-state index contributed by atoms with van der Waals surface area (Å²) in [5, 5.41) is 27.9. The van der Waals surface area contributed by atoms with Gasteiger partial charge in [0.2, 0.25) is 0 Å². The third kappa shape index (κ3) is 2.71. The minimum absolute atomic E-state index is 0.165. The first-order valence-electron chi connectivity index (χ1n) is 6.10. The minimum atomic E-state index is -1.37. The number of aliphatic carboxylic acids is 1. The second-order valence-corrected chi connectivity index (χ2v) is 4.72. The zero-order valence-electron chi connectivity index (χ0n) is 11.1. The number of rotatable bonds is 4. The first-order valence-corrected chi connectivity index (χ1v) is 6.10. The van der Waals surface area contributed by atoms with E-state index in [1.807, 2.05) is 0 Å². The monoisotopic (exact) mass is 291 g/mol. The third-order valence-corrected chi connectivity index (χ3v) is 3.20. The molecule has 0 bridgehead atoms. The zero-order valence-corrected chi connectivity index (χ0v) is 11.1. The Balaban J connectivity index is 2.29. The molecular weight excluding hydrogens is 278 g/mol. The van der Waals surface area contributed by atoms with E-state index in [-0.39, 0.29) is 17.7 Å². The van der Waals surface area contributed by atoms with Crippen LogP contribution in [-0.2, 0) is 20.8 Å². The summed E-state index contributed by atoms with van der Waals surface area (Å²) in [6.45, 7) is 1.44. The molecule has 1 atom stereocenters. The number of carboxylic acid groups (broad SMARTS) is 1. The molecule has 1 aromatic rings. The van der Waals surface area contributed by atoms with E-state index >= 15 is 0 Å². The van der Waals surface area contributed by atoms with Gasteiger partial charge in [-0.3, -0.25) is 14.5 Å². The van der Waals surface area contributed by atoms with Crippen molar-refractivity contribution in [3.8, 4) is 11.5 Å². The second kappa shape index (κ2) is 5.28. The molecule has 2 rings (SSSR count). The van der Waals surface area contributed by atoms with Gasteiger partial charge in [0, 0.05) is 18.1 Å². The number of hydrogen-bond donors (Lipinski definition) is 3. The first kappa shape index (κ1) is 14.6. The van der Waals surface area contributed by atoms with Crippen LogP contribution in [0.25, 0.3) is 0 Å². The van der Waals surface area contributed by atoms with Gasteiger partial charge in [0.1, 0.15) is 6.04 Å². The quantitative estimate of drug-likeness (QED) is 0.546. The molecule has 1 aromatic carbocycles. The third-order valence-electron chi connectivity index (χ3n) is 3.20. The highest BCUT2D eigenvalue weighted by atomic mass is 16.4. The number of phenols is 2. The summed E-state index contributed by atoms with van der Waals surface area (Å²) in [5.41, 5.74) is 0.558.